The van der Waals surface area contributed by atoms with E-state index in [0.29, 0.717) is 18.1 Å². The van der Waals surface area contributed by atoms with Crippen molar-refractivity contribution in [1.82, 2.24) is 4.98 Å². The fraction of sp³-hybridized carbons (Fsp3) is 0.267. The van der Waals surface area contributed by atoms with E-state index < -0.39 is 10.0 Å². The highest BCUT2D eigenvalue weighted by Gasteiger charge is 2.23. The Kier molecular flexibility index (Phi) is 4.47. The van der Waals surface area contributed by atoms with Crippen molar-refractivity contribution in [2.24, 2.45) is 0 Å². The van der Waals surface area contributed by atoms with Gasteiger partial charge in [0.1, 0.15) is 10.7 Å². The molecule has 0 saturated carbocycles. The lowest BCUT2D eigenvalue weighted by Gasteiger charge is -2.23. The first-order valence-corrected chi connectivity index (χ1v) is 8.16. The van der Waals surface area contributed by atoms with Crippen LogP contribution in [0.25, 0.3) is 0 Å². The van der Waals surface area contributed by atoms with Crippen LogP contribution in [-0.2, 0) is 10.0 Å². The molecule has 0 atom stereocenters. The zero-order valence-corrected chi connectivity index (χ0v) is 13.2. The quantitative estimate of drug-likeness (QED) is 0.922. The van der Waals surface area contributed by atoms with Gasteiger partial charge in [0.15, 0.2) is 0 Å². The predicted molar refractivity (Wildman–Crippen MR) is 85.2 cm³/mol. The zero-order chi connectivity index (χ0) is 15.5. The SMILES string of the molecule is CCN(c1ccc(C)cc1)S(=O)(=O)c1ccc(NC)nc1. The molecule has 5 nitrogen and oxygen atoms in total. The van der Waals surface area contributed by atoms with E-state index in [1.54, 1.807) is 19.2 Å². The smallest absolute Gasteiger partial charge is 0.265 e. The molecule has 6 heteroatoms. The first-order chi connectivity index (χ1) is 9.98. The number of hydrogen-bond donors (Lipinski definition) is 1. The molecule has 0 aliphatic heterocycles. The van der Waals surface area contributed by atoms with Gasteiger partial charge < -0.3 is 5.32 Å². The largest absolute Gasteiger partial charge is 0.373 e. The van der Waals surface area contributed by atoms with Crippen LogP contribution in [0.5, 0.6) is 0 Å². The highest BCUT2D eigenvalue weighted by atomic mass is 32.2. The molecule has 0 aliphatic rings. The Balaban J connectivity index is 2.41. The number of nitrogens with one attached hydrogen (secondary N) is 1. The summed E-state index contributed by atoms with van der Waals surface area (Å²) in [4.78, 5) is 4.26. The van der Waals surface area contributed by atoms with Gasteiger partial charge in [0.05, 0.1) is 5.69 Å². The van der Waals surface area contributed by atoms with Gasteiger partial charge in [-0.15, -0.1) is 0 Å². The lowest BCUT2D eigenvalue weighted by molar-refractivity contribution is 0.591. The Hall–Kier alpha value is -2.08. The predicted octanol–water partition coefficient (Wildman–Crippen LogP) is 2.65. The molecule has 0 bridgehead atoms. The fourth-order valence-corrected chi connectivity index (χ4v) is 3.43. The van der Waals surface area contributed by atoms with Crippen molar-refractivity contribution < 1.29 is 8.42 Å². The van der Waals surface area contributed by atoms with E-state index in [4.69, 9.17) is 0 Å². The van der Waals surface area contributed by atoms with Crippen LogP contribution in [0, 0.1) is 6.92 Å². The summed E-state index contributed by atoms with van der Waals surface area (Å²) < 4.78 is 26.8. The number of nitrogens with zero attached hydrogens (tertiary/aromatic N) is 2. The Bertz CT molecular complexity index is 695. The van der Waals surface area contributed by atoms with Crippen LogP contribution in [0.1, 0.15) is 12.5 Å². The number of benzene rings is 1. The van der Waals surface area contributed by atoms with Crippen LogP contribution >= 0.6 is 0 Å². The lowest BCUT2D eigenvalue weighted by Crippen LogP contribution is -2.30. The zero-order valence-electron chi connectivity index (χ0n) is 12.4. The summed E-state index contributed by atoms with van der Waals surface area (Å²) in [6.07, 6.45) is 1.37. The normalized spacial score (nSPS) is 11.2. The molecule has 0 radical (unpaired) electrons. The second-order valence-corrected chi connectivity index (χ2v) is 6.50. The van der Waals surface area contributed by atoms with Crippen molar-refractivity contribution in [1.29, 1.82) is 0 Å². The van der Waals surface area contributed by atoms with Crippen LogP contribution < -0.4 is 9.62 Å². The standard InChI is InChI=1S/C15H19N3O2S/c1-4-18(13-7-5-12(2)6-8-13)21(19,20)14-9-10-15(16-3)17-11-14/h5-11H,4H2,1-3H3,(H,16,17). The van der Waals surface area contributed by atoms with E-state index in [1.165, 1.54) is 10.5 Å². The molecule has 112 valence electrons. The number of pyridine rings is 1. The Labute approximate surface area is 125 Å². The van der Waals surface area contributed by atoms with Crippen molar-refractivity contribution in [3.8, 4) is 0 Å². The van der Waals surface area contributed by atoms with Gasteiger partial charge in [0, 0.05) is 19.8 Å². The van der Waals surface area contributed by atoms with Crippen molar-refractivity contribution in [2.45, 2.75) is 18.7 Å². The molecular formula is C15H19N3O2S. The third kappa shape index (κ3) is 3.16. The molecule has 0 aliphatic carbocycles. The van der Waals surface area contributed by atoms with Crippen LogP contribution in [0.2, 0.25) is 0 Å². The van der Waals surface area contributed by atoms with Gasteiger partial charge in [-0.1, -0.05) is 17.7 Å². The first kappa shape index (κ1) is 15.3. The third-order valence-electron chi connectivity index (χ3n) is 3.19. The monoisotopic (exact) mass is 305 g/mol. The van der Waals surface area contributed by atoms with Crippen LogP contribution in [-0.4, -0.2) is 27.0 Å². The molecule has 21 heavy (non-hydrogen) atoms. The van der Waals surface area contributed by atoms with Crippen LogP contribution in [0.3, 0.4) is 0 Å². The molecule has 1 N–H and O–H groups in total. The van der Waals surface area contributed by atoms with E-state index in [0.717, 1.165) is 5.56 Å². The molecule has 0 amide bonds. The van der Waals surface area contributed by atoms with Crippen molar-refractivity contribution in [2.75, 3.05) is 23.2 Å². The number of rotatable bonds is 5. The summed E-state index contributed by atoms with van der Waals surface area (Å²) in [6, 6.07) is 10.6. The highest BCUT2D eigenvalue weighted by Crippen LogP contribution is 2.23. The van der Waals surface area contributed by atoms with E-state index >= 15 is 0 Å². The average Bonchev–Trinajstić information content (AvgIpc) is 2.50. The maximum atomic E-state index is 12.7. The van der Waals surface area contributed by atoms with Gasteiger partial charge in [-0.05, 0) is 38.1 Å². The van der Waals surface area contributed by atoms with E-state index in [1.807, 2.05) is 38.1 Å². The fourth-order valence-electron chi connectivity index (χ4n) is 2.01. The Morgan fingerprint density at radius 1 is 1.14 bits per heavy atom. The van der Waals surface area contributed by atoms with E-state index in [9.17, 15) is 8.42 Å². The van der Waals surface area contributed by atoms with Crippen molar-refractivity contribution in [3.63, 3.8) is 0 Å². The summed E-state index contributed by atoms with van der Waals surface area (Å²) >= 11 is 0. The summed E-state index contributed by atoms with van der Waals surface area (Å²) in [6.45, 7) is 4.14. The van der Waals surface area contributed by atoms with Gasteiger partial charge >= 0.3 is 0 Å². The number of hydrogen-bond acceptors (Lipinski definition) is 4. The molecule has 2 rings (SSSR count). The molecule has 0 unspecified atom stereocenters. The second-order valence-electron chi connectivity index (χ2n) is 4.63. The molecule has 0 spiro atoms. The molecule has 0 fully saturated rings. The molecule has 1 heterocycles. The van der Waals surface area contributed by atoms with E-state index in [2.05, 4.69) is 10.3 Å². The van der Waals surface area contributed by atoms with Gasteiger partial charge in [-0.2, -0.15) is 0 Å². The minimum atomic E-state index is -3.60. The van der Waals surface area contributed by atoms with Crippen LogP contribution in [0.15, 0.2) is 47.5 Å². The minimum Gasteiger partial charge on any atom is -0.373 e. The third-order valence-corrected chi connectivity index (χ3v) is 5.08. The number of anilines is 2. The summed E-state index contributed by atoms with van der Waals surface area (Å²) in [7, 11) is -1.86. The second kappa shape index (κ2) is 6.13. The number of aryl methyl sites for hydroxylation is 1. The highest BCUT2D eigenvalue weighted by molar-refractivity contribution is 7.92. The molecule has 0 saturated heterocycles. The van der Waals surface area contributed by atoms with Crippen LogP contribution in [0.4, 0.5) is 11.5 Å². The van der Waals surface area contributed by atoms with Crippen molar-refractivity contribution >= 4 is 21.5 Å². The first-order valence-electron chi connectivity index (χ1n) is 6.72. The molecule has 1 aromatic carbocycles. The Morgan fingerprint density at radius 2 is 1.81 bits per heavy atom. The topological polar surface area (TPSA) is 62.3 Å². The van der Waals surface area contributed by atoms with Gasteiger partial charge in [0.25, 0.3) is 10.0 Å². The maximum absolute atomic E-state index is 12.7. The lowest BCUT2D eigenvalue weighted by atomic mass is 10.2. The van der Waals surface area contributed by atoms with E-state index in [-0.39, 0.29) is 4.90 Å². The van der Waals surface area contributed by atoms with Gasteiger partial charge in [0.2, 0.25) is 0 Å². The molecular weight excluding hydrogens is 286 g/mol. The average molecular weight is 305 g/mol. The summed E-state index contributed by atoms with van der Waals surface area (Å²) in [5.41, 5.74) is 1.74. The maximum Gasteiger partial charge on any atom is 0.265 e. The van der Waals surface area contributed by atoms with Crippen molar-refractivity contribution in [3.05, 3.63) is 48.2 Å². The Morgan fingerprint density at radius 3 is 2.29 bits per heavy atom. The van der Waals surface area contributed by atoms with Gasteiger partial charge in [-0.25, -0.2) is 13.4 Å². The molecule has 2 aromatic rings. The minimum absolute atomic E-state index is 0.184. The number of sulfonamides is 1. The molecule has 1 aromatic heterocycles. The van der Waals surface area contributed by atoms with Gasteiger partial charge in [-0.3, -0.25) is 4.31 Å². The number of aromatic nitrogens is 1. The summed E-state index contributed by atoms with van der Waals surface area (Å²) in [5.74, 6) is 0.632. The summed E-state index contributed by atoms with van der Waals surface area (Å²) in [5, 5.41) is 2.87.